The summed E-state index contributed by atoms with van der Waals surface area (Å²) in [7, 11) is 0. The fourth-order valence-electron chi connectivity index (χ4n) is 1.78. The van der Waals surface area contributed by atoms with E-state index in [1.807, 2.05) is 19.9 Å². The molecule has 0 aliphatic rings. The Morgan fingerprint density at radius 1 is 1.39 bits per heavy atom. The maximum Gasteiger partial charge on any atom is 0.110 e. The quantitative estimate of drug-likeness (QED) is 0.831. The first kappa shape index (κ1) is 13.1. The average Bonchev–Trinajstić information content (AvgIpc) is 2.77. The van der Waals surface area contributed by atoms with Gasteiger partial charge < -0.3 is 11.1 Å². The molecule has 1 heterocycles. The van der Waals surface area contributed by atoms with Gasteiger partial charge in [-0.25, -0.2) is 4.98 Å². The molecular formula is C14H19N3S. The predicted octanol–water partition coefficient (Wildman–Crippen LogP) is 3.19. The summed E-state index contributed by atoms with van der Waals surface area (Å²) in [5, 5.41) is 6.71. The number of hydrogen-bond acceptors (Lipinski definition) is 4. The van der Waals surface area contributed by atoms with Crippen LogP contribution in [0.15, 0.2) is 23.6 Å². The van der Waals surface area contributed by atoms with Gasteiger partial charge in [-0.1, -0.05) is 12.1 Å². The van der Waals surface area contributed by atoms with Gasteiger partial charge in [-0.2, -0.15) is 0 Å². The van der Waals surface area contributed by atoms with Crippen LogP contribution in [0, 0.1) is 13.8 Å². The van der Waals surface area contributed by atoms with Gasteiger partial charge in [0.05, 0.1) is 6.04 Å². The van der Waals surface area contributed by atoms with E-state index in [9.17, 15) is 0 Å². The number of aryl methyl sites for hydroxylation is 2. The van der Waals surface area contributed by atoms with Gasteiger partial charge in [0.15, 0.2) is 0 Å². The van der Waals surface area contributed by atoms with E-state index in [1.54, 1.807) is 11.3 Å². The number of nitrogens with one attached hydrogen (secondary N) is 1. The number of nitrogens with two attached hydrogens (primary N) is 1. The van der Waals surface area contributed by atoms with E-state index >= 15 is 0 Å². The zero-order valence-electron chi connectivity index (χ0n) is 11.0. The van der Waals surface area contributed by atoms with Crippen molar-refractivity contribution in [3.63, 3.8) is 0 Å². The monoisotopic (exact) mass is 261 g/mol. The second-order valence-corrected chi connectivity index (χ2v) is 5.51. The van der Waals surface area contributed by atoms with E-state index in [2.05, 4.69) is 34.7 Å². The van der Waals surface area contributed by atoms with Gasteiger partial charge >= 0.3 is 0 Å². The van der Waals surface area contributed by atoms with Crippen molar-refractivity contribution >= 4 is 17.0 Å². The number of benzene rings is 1. The van der Waals surface area contributed by atoms with Gasteiger partial charge in [-0.05, 0) is 38.0 Å². The lowest BCUT2D eigenvalue weighted by Gasteiger charge is -2.12. The molecule has 1 aromatic carbocycles. The summed E-state index contributed by atoms with van der Waals surface area (Å²) >= 11 is 1.70. The molecule has 1 atom stereocenters. The Labute approximate surface area is 112 Å². The third-order valence-electron chi connectivity index (χ3n) is 2.95. The van der Waals surface area contributed by atoms with Crippen LogP contribution in [0.4, 0.5) is 5.69 Å². The van der Waals surface area contributed by atoms with Crippen molar-refractivity contribution in [3.05, 3.63) is 45.4 Å². The zero-order chi connectivity index (χ0) is 13.1. The Morgan fingerprint density at radius 2 is 2.17 bits per heavy atom. The molecule has 3 N–H and O–H groups in total. The summed E-state index contributed by atoms with van der Waals surface area (Å²) in [6.45, 7) is 7.03. The Kier molecular flexibility index (Phi) is 3.99. The summed E-state index contributed by atoms with van der Waals surface area (Å²) in [6.07, 6.45) is 0. The first-order chi connectivity index (χ1) is 8.56. The maximum absolute atomic E-state index is 5.81. The number of nitrogen functional groups attached to an aromatic ring is 1. The lowest BCUT2D eigenvalue weighted by Crippen LogP contribution is -2.18. The van der Waals surface area contributed by atoms with E-state index in [0.29, 0.717) is 0 Å². The summed E-state index contributed by atoms with van der Waals surface area (Å²) in [4.78, 5) is 4.49. The number of nitrogens with zero attached hydrogens (tertiary/aromatic N) is 1. The van der Waals surface area contributed by atoms with Crippen molar-refractivity contribution in [1.29, 1.82) is 0 Å². The van der Waals surface area contributed by atoms with Crippen molar-refractivity contribution in [1.82, 2.24) is 10.3 Å². The molecule has 0 saturated heterocycles. The first-order valence-electron chi connectivity index (χ1n) is 6.06. The number of thiazole rings is 1. The molecule has 0 amide bonds. The molecule has 0 aliphatic carbocycles. The minimum Gasteiger partial charge on any atom is -0.399 e. The second-order valence-electron chi connectivity index (χ2n) is 4.62. The van der Waals surface area contributed by atoms with Crippen molar-refractivity contribution in [2.45, 2.75) is 33.4 Å². The van der Waals surface area contributed by atoms with Crippen LogP contribution in [0.2, 0.25) is 0 Å². The van der Waals surface area contributed by atoms with E-state index in [1.165, 1.54) is 5.56 Å². The third kappa shape index (κ3) is 3.09. The van der Waals surface area contributed by atoms with E-state index in [-0.39, 0.29) is 6.04 Å². The highest BCUT2D eigenvalue weighted by Gasteiger charge is 2.08. The number of hydrogen-bond donors (Lipinski definition) is 2. The van der Waals surface area contributed by atoms with Gasteiger partial charge in [0, 0.05) is 23.3 Å². The summed E-state index contributed by atoms with van der Waals surface area (Å²) < 4.78 is 0. The van der Waals surface area contributed by atoms with Crippen molar-refractivity contribution in [3.8, 4) is 0 Å². The van der Waals surface area contributed by atoms with Gasteiger partial charge in [0.2, 0.25) is 0 Å². The molecule has 0 radical (unpaired) electrons. The molecule has 0 spiro atoms. The van der Waals surface area contributed by atoms with Gasteiger partial charge in [-0.15, -0.1) is 11.3 Å². The zero-order valence-corrected chi connectivity index (χ0v) is 11.8. The molecule has 4 heteroatoms. The van der Waals surface area contributed by atoms with Crippen molar-refractivity contribution in [2.24, 2.45) is 0 Å². The van der Waals surface area contributed by atoms with Crippen LogP contribution in [0.3, 0.4) is 0 Å². The van der Waals surface area contributed by atoms with Crippen LogP contribution in [0.5, 0.6) is 0 Å². The molecule has 0 saturated carbocycles. The van der Waals surface area contributed by atoms with Gasteiger partial charge in [-0.3, -0.25) is 0 Å². The van der Waals surface area contributed by atoms with Crippen LogP contribution in [0.1, 0.15) is 34.8 Å². The Hall–Kier alpha value is -1.39. The minimum atomic E-state index is 0.279. The number of anilines is 1. The number of rotatable bonds is 4. The van der Waals surface area contributed by atoms with Crippen molar-refractivity contribution in [2.75, 3.05) is 5.73 Å². The standard InChI is InChI=1S/C14H19N3S/c1-9-6-12(4-5-13(9)15)7-16-11(3)14-17-10(2)8-18-14/h4-6,8,11,16H,7,15H2,1-3H3. The summed E-state index contributed by atoms with van der Waals surface area (Å²) in [5.74, 6) is 0. The van der Waals surface area contributed by atoms with E-state index in [0.717, 1.165) is 28.5 Å². The molecule has 0 fully saturated rings. The lowest BCUT2D eigenvalue weighted by molar-refractivity contribution is 0.571. The fraction of sp³-hybridized carbons (Fsp3) is 0.357. The summed E-state index contributed by atoms with van der Waals surface area (Å²) in [5.41, 5.74) is 10.1. The Morgan fingerprint density at radius 3 is 2.78 bits per heavy atom. The topological polar surface area (TPSA) is 50.9 Å². The van der Waals surface area contributed by atoms with Crippen molar-refractivity contribution < 1.29 is 0 Å². The minimum absolute atomic E-state index is 0.279. The average molecular weight is 261 g/mol. The van der Waals surface area contributed by atoms with Crippen LogP contribution in [-0.2, 0) is 6.54 Å². The highest BCUT2D eigenvalue weighted by atomic mass is 32.1. The van der Waals surface area contributed by atoms with Gasteiger partial charge in [0.1, 0.15) is 5.01 Å². The van der Waals surface area contributed by atoms with Gasteiger partial charge in [0.25, 0.3) is 0 Å². The van der Waals surface area contributed by atoms with E-state index < -0.39 is 0 Å². The van der Waals surface area contributed by atoms with Crippen LogP contribution < -0.4 is 11.1 Å². The molecule has 1 aromatic heterocycles. The first-order valence-corrected chi connectivity index (χ1v) is 6.94. The molecule has 0 bridgehead atoms. The second kappa shape index (κ2) is 5.50. The normalized spacial score (nSPS) is 12.6. The lowest BCUT2D eigenvalue weighted by atomic mass is 10.1. The van der Waals surface area contributed by atoms with Crippen LogP contribution in [0.25, 0.3) is 0 Å². The maximum atomic E-state index is 5.81. The molecular weight excluding hydrogens is 242 g/mol. The smallest absolute Gasteiger partial charge is 0.110 e. The predicted molar refractivity (Wildman–Crippen MR) is 77.7 cm³/mol. The summed E-state index contributed by atoms with van der Waals surface area (Å²) in [6, 6.07) is 6.43. The number of aromatic nitrogens is 1. The van der Waals surface area contributed by atoms with Crippen LogP contribution in [-0.4, -0.2) is 4.98 Å². The molecule has 3 nitrogen and oxygen atoms in total. The van der Waals surface area contributed by atoms with Crippen LogP contribution >= 0.6 is 11.3 Å². The molecule has 1 unspecified atom stereocenters. The largest absolute Gasteiger partial charge is 0.399 e. The fourth-order valence-corrected chi connectivity index (χ4v) is 2.61. The highest BCUT2D eigenvalue weighted by molar-refractivity contribution is 7.09. The molecule has 96 valence electrons. The Balaban J connectivity index is 1.97. The van der Waals surface area contributed by atoms with E-state index in [4.69, 9.17) is 5.73 Å². The molecule has 2 aromatic rings. The molecule has 18 heavy (non-hydrogen) atoms. The SMILES string of the molecule is Cc1csc(C(C)NCc2ccc(N)c(C)c2)n1. The molecule has 2 rings (SSSR count). The Bertz CT molecular complexity index is 534. The highest BCUT2D eigenvalue weighted by Crippen LogP contribution is 2.18. The molecule has 0 aliphatic heterocycles. The third-order valence-corrected chi connectivity index (χ3v) is 4.10.